The molecule has 142 valence electrons. The predicted molar refractivity (Wildman–Crippen MR) is 109 cm³/mol. The zero-order valence-corrected chi connectivity index (χ0v) is 17.1. The quantitative estimate of drug-likeness (QED) is 0.255. The van der Waals surface area contributed by atoms with Gasteiger partial charge in [0.15, 0.2) is 5.96 Å². The van der Waals surface area contributed by atoms with Gasteiger partial charge in [0.05, 0.1) is 12.7 Å². The van der Waals surface area contributed by atoms with Gasteiger partial charge in [-0.15, -0.1) is 24.0 Å². The van der Waals surface area contributed by atoms with Gasteiger partial charge in [0.1, 0.15) is 5.82 Å². The molecule has 1 aromatic rings. The lowest BCUT2D eigenvalue weighted by molar-refractivity contribution is 0.0420. The van der Waals surface area contributed by atoms with Crippen LogP contribution in [0.15, 0.2) is 29.3 Å². The molecule has 1 fully saturated rings. The summed E-state index contributed by atoms with van der Waals surface area (Å²) in [5.74, 6) is 0.614. The molecule has 25 heavy (non-hydrogen) atoms. The van der Waals surface area contributed by atoms with Crippen LogP contribution in [-0.4, -0.2) is 52.0 Å². The van der Waals surface area contributed by atoms with E-state index in [1.807, 2.05) is 6.07 Å². The number of aryl methyl sites for hydroxylation is 1. The van der Waals surface area contributed by atoms with Crippen molar-refractivity contribution in [1.29, 1.82) is 0 Å². The molecule has 1 heterocycles. The van der Waals surface area contributed by atoms with Gasteiger partial charge in [0, 0.05) is 33.4 Å². The number of guanidine groups is 1. The topological polar surface area (TPSA) is 54.9 Å². The molecule has 0 saturated carbocycles. The summed E-state index contributed by atoms with van der Waals surface area (Å²) in [6.45, 7) is 3.89. The molecule has 1 unspecified atom stereocenters. The minimum atomic E-state index is -0.177. The van der Waals surface area contributed by atoms with Crippen LogP contribution in [0.25, 0.3) is 0 Å². The highest BCUT2D eigenvalue weighted by Crippen LogP contribution is 2.08. The van der Waals surface area contributed by atoms with Crippen molar-refractivity contribution in [2.24, 2.45) is 4.99 Å². The van der Waals surface area contributed by atoms with Crippen LogP contribution in [-0.2, 0) is 15.9 Å². The number of ether oxygens (including phenoxy) is 2. The predicted octanol–water partition coefficient (Wildman–Crippen LogP) is 2.74. The Balaban J connectivity index is 0.00000312. The summed E-state index contributed by atoms with van der Waals surface area (Å²) in [5, 5.41) is 6.54. The molecule has 0 aliphatic carbocycles. The number of nitrogens with one attached hydrogen (secondary N) is 2. The summed E-state index contributed by atoms with van der Waals surface area (Å²) >= 11 is 0. The highest BCUT2D eigenvalue weighted by Gasteiger charge is 2.15. The smallest absolute Gasteiger partial charge is 0.190 e. The second-order valence-electron chi connectivity index (χ2n) is 5.87. The Kier molecular flexibility index (Phi) is 11.8. The third kappa shape index (κ3) is 9.37. The Bertz CT molecular complexity index is 511. The molecule has 1 aliphatic rings. The minimum Gasteiger partial charge on any atom is -0.379 e. The molecule has 7 heteroatoms. The van der Waals surface area contributed by atoms with E-state index in [1.165, 1.54) is 6.07 Å². The van der Waals surface area contributed by atoms with E-state index >= 15 is 0 Å². The fraction of sp³-hybridized carbons (Fsp3) is 0.611. The number of nitrogens with zero attached hydrogens (tertiary/aromatic N) is 1. The fourth-order valence-corrected chi connectivity index (χ4v) is 2.59. The molecule has 0 amide bonds. The molecule has 5 nitrogen and oxygen atoms in total. The number of aliphatic imine (C=N–C) groups is 1. The summed E-state index contributed by atoms with van der Waals surface area (Å²) in [5.41, 5.74) is 1.02. The van der Waals surface area contributed by atoms with Gasteiger partial charge in [-0.2, -0.15) is 0 Å². The number of benzene rings is 1. The summed E-state index contributed by atoms with van der Waals surface area (Å²) in [7, 11) is 1.76. The summed E-state index contributed by atoms with van der Waals surface area (Å²) < 4.78 is 24.1. The first-order valence-electron chi connectivity index (χ1n) is 8.66. The Morgan fingerprint density at radius 1 is 1.32 bits per heavy atom. The summed E-state index contributed by atoms with van der Waals surface area (Å²) in [6, 6.07) is 6.75. The van der Waals surface area contributed by atoms with E-state index in [9.17, 15) is 4.39 Å². The second kappa shape index (κ2) is 13.3. The zero-order chi connectivity index (χ0) is 17.0. The van der Waals surface area contributed by atoms with E-state index < -0.39 is 0 Å². The van der Waals surface area contributed by atoms with Gasteiger partial charge >= 0.3 is 0 Å². The normalized spacial score (nSPS) is 17.2. The number of halogens is 2. The largest absolute Gasteiger partial charge is 0.379 e. The standard InChI is InChI=1S/C18H28FN3O2.HI/c1-20-18(22-10-4-11-24-17-8-12-23-14-17)21-9-3-6-15-5-2-7-16(19)13-15;/h2,5,7,13,17H,3-4,6,8-12,14H2,1H3,(H2,20,21,22);1H. The van der Waals surface area contributed by atoms with Gasteiger partial charge in [0.2, 0.25) is 0 Å². The van der Waals surface area contributed by atoms with E-state index in [4.69, 9.17) is 9.47 Å². The molecular weight excluding hydrogens is 436 g/mol. The maximum absolute atomic E-state index is 13.1. The summed E-state index contributed by atoms with van der Waals surface area (Å²) in [6.07, 6.45) is 3.97. The molecule has 2 N–H and O–H groups in total. The first-order chi connectivity index (χ1) is 11.8. The van der Waals surface area contributed by atoms with Crippen molar-refractivity contribution in [3.63, 3.8) is 0 Å². The van der Waals surface area contributed by atoms with Gasteiger partial charge in [-0.25, -0.2) is 4.39 Å². The molecule has 1 atom stereocenters. The number of rotatable bonds is 9. The van der Waals surface area contributed by atoms with Crippen LogP contribution >= 0.6 is 24.0 Å². The lowest BCUT2D eigenvalue weighted by Gasteiger charge is -2.13. The van der Waals surface area contributed by atoms with Crippen LogP contribution in [0.3, 0.4) is 0 Å². The van der Waals surface area contributed by atoms with Gasteiger partial charge in [-0.05, 0) is 43.4 Å². The highest BCUT2D eigenvalue weighted by atomic mass is 127. The van der Waals surface area contributed by atoms with Gasteiger partial charge in [-0.3, -0.25) is 4.99 Å². The van der Waals surface area contributed by atoms with E-state index in [0.29, 0.717) is 0 Å². The van der Waals surface area contributed by atoms with Crippen molar-refractivity contribution in [2.75, 3.05) is 40.0 Å². The van der Waals surface area contributed by atoms with Crippen molar-refractivity contribution >= 4 is 29.9 Å². The van der Waals surface area contributed by atoms with Gasteiger partial charge in [-0.1, -0.05) is 12.1 Å². The monoisotopic (exact) mass is 465 g/mol. The van der Waals surface area contributed by atoms with Crippen molar-refractivity contribution in [3.05, 3.63) is 35.6 Å². The molecule has 0 spiro atoms. The molecule has 0 bridgehead atoms. The summed E-state index contributed by atoms with van der Waals surface area (Å²) in [4.78, 5) is 4.20. The van der Waals surface area contributed by atoms with Crippen molar-refractivity contribution in [3.8, 4) is 0 Å². The third-order valence-electron chi connectivity index (χ3n) is 3.90. The third-order valence-corrected chi connectivity index (χ3v) is 3.90. The molecule has 1 saturated heterocycles. The van der Waals surface area contributed by atoms with E-state index in [-0.39, 0.29) is 35.9 Å². The second-order valence-corrected chi connectivity index (χ2v) is 5.87. The molecule has 0 aromatic heterocycles. The maximum Gasteiger partial charge on any atom is 0.190 e. The van der Waals surface area contributed by atoms with Crippen LogP contribution in [0.2, 0.25) is 0 Å². The van der Waals surface area contributed by atoms with Crippen LogP contribution in [0.4, 0.5) is 4.39 Å². The molecule has 1 aromatic carbocycles. The number of hydrogen-bond donors (Lipinski definition) is 2. The Morgan fingerprint density at radius 2 is 2.12 bits per heavy atom. The van der Waals surface area contributed by atoms with E-state index in [1.54, 1.807) is 19.2 Å². The SMILES string of the molecule is CN=C(NCCCOC1CCOC1)NCCCc1cccc(F)c1.I. The first-order valence-corrected chi connectivity index (χ1v) is 8.66. The Hall–Kier alpha value is -0.930. The zero-order valence-electron chi connectivity index (χ0n) is 14.8. The van der Waals surface area contributed by atoms with Crippen LogP contribution in [0, 0.1) is 5.82 Å². The Morgan fingerprint density at radius 3 is 2.80 bits per heavy atom. The van der Waals surface area contributed by atoms with Crippen LogP contribution in [0.5, 0.6) is 0 Å². The number of hydrogen-bond acceptors (Lipinski definition) is 3. The lowest BCUT2D eigenvalue weighted by Crippen LogP contribution is -2.38. The average molecular weight is 465 g/mol. The fourth-order valence-electron chi connectivity index (χ4n) is 2.59. The first kappa shape index (κ1) is 22.1. The van der Waals surface area contributed by atoms with Crippen molar-refractivity contribution < 1.29 is 13.9 Å². The minimum absolute atomic E-state index is 0. The van der Waals surface area contributed by atoms with Gasteiger partial charge < -0.3 is 20.1 Å². The van der Waals surface area contributed by atoms with Gasteiger partial charge in [0.25, 0.3) is 0 Å². The van der Waals surface area contributed by atoms with Crippen molar-refractivity contribution in [1.82, 2.24) is 10.6 Å². The van der Waals surface area contributed by atoms with Crippen LogP contribution in [0.1, 0.15) is 24.8 Å². The van der Waals surface area contributed by atoms with E-state index in [0.717, 1.165) is 70.1 Å². The highest BCUT2D eigenvalue weighted by molar-refractivity contribution is 14.0. The molecule has 2 rings (SSSR count). The maximum atomic E-state index is 13.1. The molecular formula is C18H29FIN3O2. The molecule has 0 radical (unpaired) electrons. The van der Waals surface area contributed by atoms with Crippen LogP contribution < -0.4 is 10.6 Å². The lowest BCUT2D eigenvalue weighted by atomic mass is 10.1. The van der Waals surface area contributed by atoms with Crippen molar-refractivity contribution in [2.45, 2.75) is 31.8 Å². The average Bonchev–Trinajstić information content (AvgIpc) is 3.10. The molecule has 1 aliphatic heterocycles. The van der Waals surface area contributed by atoms with E-state index in [2.05, 4.69) is 15.6 Å². The Labute approximate surface area is 166 Å².